The molecule has 5 nitrogen and oxygen atoms in total. The Morgan fingerprint density at radius 3 is 2.68 bits per heavy atom. The largest absolute Gasteiger partial charge is 0.347 e. The van der Waals surface area contributed by atoms with Crippen molar-refractivity contribution in [1.29, 1.82) is 0 Å². The molecule has 2 fully saturated rings. The van der Waals surface area contributed by atoms with Gasteiger partial charge in [0.25, 0.3) is 0 Å². The van der Waals surface area contributed by atoms with Crippen LogP contribution < -0.4 is 0 Å². The van der Waals surface area contributed by atoms with Crippen LogP contribution in [0.4, 0.5) is 0 Å². The molecule has 0 aliphatic carbocycles. The number of hydrogen-bond acceptors (Lipinski definition) is 4. The van der Waals surface area contributed by atoms with E-state index in [2.05, 4.69) is 17.1 Å². The number of carbonyl (C=O) groups is 1. The lowest BCUT2D eigenvalue weighted by Gasteiger charge is -2.45. The zero-order valence-corrected chi connectivity index (χ0v) is 17.4. The van der Waals surface area contributed by atoms with Gasteiger partial charge in [0.05, 0.1) is 29.7 Å². The van der Waals surface area contributed by atoms with Gasteiger partial charge in [-0.2, -0.15) is 0 Å². The first kappa shape index (κ1) is 20.2. The normalized spacial score (nSPS) is 24.8. The zero-order valence-electron chi connectivity index (χ0n) is 15.9. The van der Waals surface area contributed by atoms with Gasteiger partial charge >= 0.3 is 0 Å². The van der Waals surface area contributed by atoms with Gasteiger partial charge in [-0.05, 0) is 24.1 Å². The molecule has 0 N–H and O–H groups in total. The lowest BCUT2D eigenvalue weighted by Crippen LogP contribution is -2.57. The molecule has 2 saturated heterocycles. The lowest BCUT2D eigenvalue weighted by atomic mass is 9.94. The van der Waals surface area contributed by atoms with Crippen LogP contribution >= 0.6 is 23.2 Å². The summed E-state index contributed by atoms with van der Waals surface area (Å²) in [6.45, 7) is 4.71. The summed E-state index contributed by atoms with van der Waals surface area (Å²) in [5.41, 5.74) is 0.882. The lowest BCUT2D eigenvalue weighted by molar-refractivity contribution is -0.199. The van der Waals surface area contributed by atoms with Crippen molar-refractivity contribution >= 4 is 29.1 Å². The molecule has 7 heteroatoms. The summed E-state index contributed by atoms with van der Waals surface area (Å²) in [6, 6.07) is 5.47. The van der Waals surface area contributed by atoms with E-state index in [0.717, 1.165) is 44.5 Å². The summed E-state index contributed by atoms with van der Waals surface area (Å²) >= 11 is 12.1. The van der Waals surface area contributed by atoms with Crippen molar-refractivity contribution in [3.8, 4) is 0 Å². The molecule has 0 saturated carbocycles. The Morgan fingerprint density at radius 2 is 1.96 bits per heavy atom. The molecule has 1 aromatic carbocycles. The van der Waals surface area contributed by atoms with Crippen molar-refractivity contribution in [3.05, 3.63) is 46.0 Å². The van der Waals surface area contributed by atoms with Crippen LogP contribution in [0.2, 0.25) is 10.0 Å². The number of likely N-dealkylation sites (tertiary alicyclic amines) is 1. The van der Waals surface area contributed by atoms with Crippen LogP contribution in [0.1, 0.15) is 24.8 Å². The molecule has 3 heterocycles. The second kappa shape index (κ2) is 8.72. The number of hydrogen-bond donors (Lipinski definition) is 0. The number of amides is 1. The molecule has 3 aliphatic heterocycles. The quantitative estimate of drug-likeness (QED) is 0.693. The van der Waals surface area contributed by atoms with E-state index in [0.29, 0.717) is 36.2 Å². The Morgan fingerprint density at radius 1 is 1.14 bits per heavy atom. The van der Waals surface area contributed by atoms with Crippen LogP contribution in [0.25, 0.3) is 0 Å². The van der Waals surface area contributed by atoms with Gasteiger partial charge in [-0.1, -0.05) is 41.4 Å². The van der Waals surface area contributed by atoms with Crippen molar-refractivity contribution < 1.29 is 14.3 Å². The van der Waals surface area contributed by atoms with Crippen LogP contribution in [0, 0.1) is 0 Å². The smallest absolute Gasteiger partial charge is 0.227 e. The Balaban J connectivity index is 1.48. The number of piperidine rings is 1. The van der Waals surface area contributed by atoms with Gasteiger partial charge in [-0.25, -0.2) is 0 Å². The third kappa shape index (κ3) is 4.55. The first-order chi connectivity index (χ1) is 13.5. The summed E-state index contributed by atoms with van der Waals surface area (Å²) in [7, 11) is 0. The van der Waals surface area contributed by atoms with Crippen molar-refractivity contribution in [3.63, 3.8) is 0 Å². The molecule has 1 spiro atoms. The second-order valence-corrected chi connectivity index (χ2v) is 8.56. The molecule has 3 aliphatic rings. The summed E-state index contributed by atoms with van der Waals surface area (Å²) < 4.78 is 11.9. The molecule has 4 rings (SSSR count). The van der Waals surface area contributed by atoms with Crippen LogP contribution in [0.3, 0.4) is 0 Å². The first-order valence-electron chi connectivity index (χ1n) is 9.93. The number of nitrogens with zero attached hydrogens (tertiary/aromatic N) is 2. The summed E-state index contributed by atoms with van der Waals surface area (Å²) in [6.07, 6.45) is 7.24. The minimum atomic E-state index is -0.517. The Bertz CT molecular complexity index is 749. The molecule has 0 radical (unpaired) electrons. The topological polar surface area (TPSA) is 42.0 Å². The van der Waals surface area contributed by atoms with Crippen molar-refractivity contribution in [2.75, 3.05) is 39.4 Å². The minimum Gasteiger partial charge on any atom is -0.347 e. The molecular weight excluding hydrogens is 399 g/mol. The second-order valence-electron chi connectivity index (χ2n) is 7.75. The highest BCUT2D eigenvalue weighted by Crippen LogP contribution is 2.35. The maximum absolute atomic E-state index is 13.2. The van der Waals surface area contributed by atoms with Crippen LogP contribution in [-0.2, 0) is 20.7 Å². The van der Waals surface area contributed by atoms with Gasteiger partial charge in [0.15, 0.2) is 5.79 Å². The van der Waals surface area contributed by atoms with Gasteiger partial charge < -0.3 is 14.4 Å². The van der Waals surface area contributed by atoms with Gasteiger partial charge in [0.1, 0.15) is 0 Å². The molecule has 0 aromatic heterocycles. The molecule has 1 aromatic rings. The predicted molar refractivity (Wildman–Crippen MR) is 110 cm³/mol. The third-order valence-electron chi connectivity index (χ3n) is 5.81. The van der Waals surface area contributed by atoms with Crippen molar-refractivity contribution in [1.82, 2.24) is 9.80 Å². The fourth-order valence-corrected chi connectivity index (χ4v) is 4.70. The number of ether oxygens (including phenoxy) is 2. The highest BCUT2D eigenvalue weighted by Gasteiger charge is 2.45. The highest BCUT2D eigenvalue weighted by atomic mass is 35.5. The standard InChI is InChI=1S/C21H26Cl2N2O3/c22-18-5-4-16(12-19(18)23)13-20(26)25-9-6-21(27-10-11-28-21)14-17(25)15-24-7-2-1-3-8-24/h1-2,4-5,12,17H,3,6-11,13-15H2. The predicted octanol–water partition coefficient (Wildman–Crippen LogP) is 3.53. The van der Waals surface area contributed by atoms with E-state index >= 15 is 0 Å². The molecular formula is C21H26Cl2N2O3. The number of halogens is 2. The zero-order chi connectivity index (χ0) is 19.6. The Kier molecular flexibility index (Phi) is 6.28. The third-order valence-corrected chi connectivity index (χ3v) is 6.54. The van der Waals surface area contributed by atoms with E-state index in [1.807, 2.05) is 11.0 Å². The van der Waals surface area contributed by atoms with Gasteiger partial charge in [0, 0.05) is 45.1 Å². The molecule has 152 valence electrons. The fourth-order valence-electron chi connectivity index (χ4n) is 4.37. The van der Waals surface area contributed by atoms with E-state index in [1.165, 1.54) is 0 Å². The van der Waals surface area contributed by atoms with E-state index in [4.69, 9.17) is 32.7 Å². The number of carbonyl (C=O) groups excluding carboxylic acids is 1. The van der Waals surface area contributed by atoms with Crippen molar-refractivity contribution in [2.24, 2.45) is 0 Å². The average Bonchev–Trinajstić information content (AvgIpc) is 3.13. The van der Waals surface area contributed by atoms with Gasteiger partial charge in [-0.3, -0.25) is 9.69 Å². The maximum Gasteiger partial charge on any atom is 0.227 e. The average molecular weight is 425 g/mol. The minimum absolute atomic E-state index is 0.0774. The summed E-state index contributed by atoms with van der Waals surface area (Å²) in [5.74, 6) is -0.403. The molecule has 1 unspecified atom stereocenters. The van der Waals surface area contributed by atoms with Crippen LogP contribution in [0.5, 0.6) is 0 Å². The van der Waals surface area contributed by atoms with Gasteiger partial charge in [0.2, 0.25) is 5.91 Å². The summed E-state index contributed by atoms with van der Waals surface area (Å²) in [4.78, 5) is 17.6. The molecule has 0 bridgehead atoms. The summed E-state index contributed by atoms with van der Waals surface area (Å²) in [5, 5.41) is 0.985. The van der Waals surface area contributed by atoms with E-state index in [9.17, 15) is 4.79 Å². The Labute approximate surface area is 176 Å². The number of rotatable bonds is 4. The molecule has 1 atom stereocenters. The SMILES string of the molecule is O=C(Cc1ccc(Cl)c(Cl)c1)N1CCC2(CC1CN1CC=CCC1)OCCO2. The monoisotopic (exact) mass is 424 g/mol. The molecule has 28 heavy (non-hydrogen) atoms. The van der Waals surface area contributed by atoms with Crippen LogP contribution in [-0.4, -0.2) is 66.9 Å². The van der Waals surface area contributed by atoms with E-state index in [-0.39, 0.29) is 11.9 Å². The highest BCUT2D eigenvalue weighted by molar-refractivity contribution is 6.42. The first-order valence-corrected chi connectivity index (χ1v) is 10.7. The number of benzene rings is 1. The van der Waals surface area contributed by atoms with E-state index < -0.39 is 5.79 Å². The van der Waals surface area contributed by atoms with Crippen molar-refractivity contribution in [2.45, 2.75) is 37.5 Å². The van der Waals surface area contributed by atoms with Crippen LogP contribution in [0.15, 0.2) is 30.4 Å². The Hall–Kier alpha value is -1.11. The fraction of sp³-hybridized carbons (Fsp3) is 0.571. The molecule has 1 amide bonds. The van der Waals surface area contributed by atoms with E-state index in [1.54, 1.807) is 12.1 Å². The van der Waals surface area contributed by atoms with Gasteiger partial charge in [-0.15, -0.1) is 0 Å². The maximum atomic E-state index is 13.2.